The molecule has 0 aliphatic carbocycles. The smallest absolute Gasteiger partial charge is 0.224 e. The topological polar surface area (TPSA) is 41.1 Å². The van der Waals surface area contributed by atoms with Crippen molar-refractivity contribution >= 4 is 11.6 Å². The Balaban J connectivity index is 1.97. The van der Waals surface area contributed by atoms with E-state index in [1.165, 1.54) is 16.7 Å². The molecule has 0 bridgehead atoms. The third kappa shape index (κ3) is 4.35. The molecule has 21 heavy (non-hydrogen) atoms. The van der Waals surface area contributed by atoms with Crippen LogP contribution < -0.4 is 10.6 Å². The third-order valence-electron chi connectivity index (χ3n) is 3.59. The SMILES string of the molecule is CNC(=O)Cc1ccc(NCc2cc(C)ccc2C)cc1. The van der Waals surface area contributed by atoms with Gasteiger partial charge in [0.25, 0.3) is 0 Å². The van der Waals surface area contributed by atoms with Crippen molar-refractivity contribution in [1.29, 1.82) is 0 Å². The van der Waals surface area contributed by atoms with Crippen molar-refractivity contribution in [2.45, 2.75) is 26.8 Å². The van der Waals surface area contributed by atoms with Crippen LogP contribution in [0, 0.1) is 13.8 Å². The molecule has 0 spiro atoms. The van der Waals surface area contributed by atoms with Crippen molar-refractivity contribution in [2.24, 2.45) is 0 Å². The summed E-state index contributed by atoms with van der Waals surface area (Å²) in [5.74, 6) is 0.0334. The minimum atomic E-state index is 0.0334. The molecular formula is C18H22N2O. The number of hydrogen-bond donors (Lipinski definition) is 2. The van der Waals surface area contributed by atoms with Gasteiger partial charge >= 0.3 is 0 Å². The monoisotopic (exact) mass is 282 g/mol. The fourth-order valence-electron chi connectivity index (χ4n) is 2.20. The Kier molecular flexibility index (Phi) is 4.99. The van der Waals surface area contributed by atoms with Crippen LogP contribution in [0.5, 0.6) is 0 Å². The third-order valence-corrected chi connectivity index (χ3v) is 3.59. The number of benzene rings is 2. The van der Waals surface area contributed by atoms with Gasteiger partial charge in [0.05, 0.1) is 6.42 Å². The summed E-state index contributed by atoms with van der Waals surface area (Å²) in [4.78, 5) is 11.3. The number of nitrogens with one attached hydrogen (secondary N) is 2. The molecule has 1 amide bonds. The largest absolute Gasteiger partial charge is 0.381 e. The summed E-state index contributed by atoms with van der Waals surface area (Å²) in [5.41, 5.74) is 5.97. The first-order valence-corrected chi connectivity index (χ1v) is 7.18. The lowest BCUT2D eigenvalue weighted by Gasteiger charge is -2.10. The molecule has 0 atom stereocenters. The van der Waals surface area contributed by atoms with E-state index >= 15 is 0 Å². The molecule has 0 fully saturated rings. The maximum absolute atomic E-state index is 11.3. The Morgan fingerprint density at radius 2 is 1.76 bits per heavy atom. The molecule has 0 heterocycles. The van der Waals surface area contributed by atoms with Gasteiger partial charge in [0.15, 0.2) is 0 Å². The van der Waals surface area contributed by atoms with Gasteiger partial charge in [-0.15, -0.1) is 0 Å². The van der Waals surface area contributed by atoms with E-state index < -0.39 is 0 Å². The lowest BCUT2D eigenvalue weighted by molar-refractivity contribution is -0.119. The highest BCUT2D eigenvalue weighted by molar-refractivity contribution is 5.78. The highest BCUT2D eigenvalue weighted by atomic mass is 16.1. The number of carbonyl (C=O) groups excluding carboxylic acids is 1. The second-order valence-electron chi connectivity index (χ2n) is 5.33. The molecule has 0 unspecified atom stereocenters. The predicted molar refractivity (Wildman–Crippen MR) is 87.5 cm³/mol. The van der Waals surface area contributed by atoms with E-state index in [9.17, 15) is 4.79 Å². The lowest BCUT2D eigenvalue weighted by Crippen LogP contribution is -2.19. The fourth-order valence-corrected chi connectivity index (χ4v) is 2.20. The van der Waals surface area contributed by atoms with Gasteiger partial charge in [-0.3, -0.25) is 4.79 Å². The average molecular weight is 282 g/mol. The highest BCUT2D eigenvalue weighted by Crippen LogP contribution is 2.15. The quantitative estimate of drug-likeness (QED) is 0.884. The number of amides is 1. The van der Waals surface area contributed by atoms with Crippen LogP contribution in [0.3, 0.4) is 0 Å². The van der Waals surface area contributed by atoms with E-state index in [2.05, 4.69) is 42.7 Å². The van der Waals surface area contributed by atoms with Crippen LogP contribution in [0.15, 0.2) is 42.5 Å². The molecule has 2 aromatic rings. The maximum Gasteiger partial charge on any atom is 0.224 e. The summed E-state index contributed by atoms with van der Waals surface area (Å²) < 4.78 is 0. The first kappa shape index (κ1) is 15.1. The molecular weight excluding hydrogens is 260 g/mol. The second kappa shape index (κ2) is 6.93. The Morgan fingerprint density at radius 3 is 2.43 bits per heavy atom. The molecule has 3 heteroatoms. The molecule has 2 rings (SSSR count). The fraction of sp³-hybridized carbons (Fsp3) is 0.278. The Hall–Kier alpha value is -2.29. The molecule has 0 aromatic heterocycles. The van der Waals surface area contributed by atoms with Gasteiger partial charge in [-0.2, -0.15) is 0 Å². The summed E-state index contributed by atoms with van der Waals surface area (Å²) in [7, 11) is 1.66. The zero-order valence-corrected chi connectivity index (χ0v) is 12.9. The summed E-state index contributed by atoms with van der Waals surface area (Å²) in [6.45, 7) is 5.04. The molecule has 3 nitrogen and oxygen atoms in total. The van der Waals surface area contributed by atoms with Gasteiger partial charge in [0.2, 0.25) is 5.91 Å². The first-order valence-electron chi connectivity index (χ1n) is 7.18. The molecule has 2 aromatic carbocycles. The number of aryl methyl sites for hydroxylation is 2. The predicted octanol–water partition coefficient (Wildman–Crippen LogP) is 3.20. The average Bonchev–Trinajstić information content (AvgIpc) is 2.49. The molecule has 2 N–H and O–H groups in total. The van der Waals surface area contributed by atoms with E-state index in [1.54, 1.807) is 7.05 Å². The number of likely N-dealkylation sites (N-methyl/N-ethyl adjacent to an activating group) is 1. The van der Waals surface area contributed by atoms with Crippen LogP contribution in [-0.4, -0.2) is 13.0 Å². The van der Waals surface area contributed by atoms with Crippen LogP contribution in [0.2, 0.25) is 0 Å². The van der Waals surface area contributed by atoms with Crippen molar-refractivity contribution in [1.82, 2.24) is 5.32 Å². The van der Waals surface area contributed by atoms with Crippen LogP contribution in [0.1, 0.15) is 22.3 Å². The summed E-state index contributed by atoms with van der Waals surface area (Å²) in [5, 5.41) is 6.05. The minimum absolute atomic E-state index is 0.0334. The molecule has 0 aliphatic heterocycles. The number of carbonyl (C=O) groups is 1. The molecule has 0 aliphatic rings. The van der Waals surface area contributed by atoms with Gasteiger partial charge in [-0.1, -0.05) is 35.9 Å². The van der Waals surface area contributed by atoms with Gasteiger partial charge in [0.1, 0.15) is 0 Å². The Morgan fingerprint density at radius 1 is 1.05 bits per heavy atom. The zero-order valence-electron chi connectivity index (χ0n) is 12.9. The summed E-state index contributed by atoms with van der Waals surface area (Å²) in [6, 6.07) is 14.5. The minimum Gasteiger partial charge on any atom is -0.381 e. The van der Waals surface area contributed by atoms with Gasteiger partial charge in [-0.05, 0) is 42.7 Å². The van der Waals surface area contributed by atoms with Crippen LogP contribution in [-0.2, 0) is 17.8 Å². The first-order chi connectivity index (χ1) is 10.1. The summed E-state index contributed by atoms with van der Waals surface area (Å²) >= 11 is 0. The second-order valence-corrected chi connectivity index (χ2v) is 5.33. The normalized spacial score (nSPS) is 10.2. The molecule has 0 saturated heterocycles. The maximum atomic E-state index is 11.3. The molecule has 110 valence electrons. The van der Waals surface area contributed by atoms with Gasteiger partial charge in [0, 0.05) is 19.3 Å². The molecule has 0 radical (unpaired) electrons. The number of rotatable bonds is 5. The van der Waals surface area contributed by atoms with Gasteiger partial charge in [-0.25, -0.2) is 0 Å². The van der Waals surface area contributed by atoms with E-state index in [4.69, 9.17) is 0 Å². The molecule has 0 saturated carbocycles. The van der Waals surface area contributed by atoms with E-state index in [0.29, 0.717) is 6.42 Å². The number of hydrogen-bond acceptors (Lipinski definition) is 2. The van der Waals surface area contributed by atoms with Crippen molar-refractivity contribution in [2.75, 3.05) is 12.4 Å². The number of anilines is 1. The highest BCUT2D eigenvalue weighted by Gasteiger charge is 2.02. The van der Waals surface area contributed by atoms with E-state index in [1.807, 2.05) is 24.3 Å². The zero-order chi connectivity index (χ0) is 15.2. The van der Waals surface area contributed by atoms with Crippen LogP contribution >= 0.6 is 0 Å². The van der Waals surface area contributed by atoms with Crippen molar-refractivity contribution in [3.05, 3.63) is 64.7 Å². The van der Waals surface area contributed by atoms with E-state index in [0.717, 1.165) is 17.8 Å². The Labute approximate surface area is 126 Å². The Bertz CT molecular complexity index is 618. The van der Waals surface area contributed by atoms with Crippen molar-refractivity contribution in [3.8, 4) is 0 Å². The summed E-state index contributed by atoms with van der Waals surface area (Å²) in [6.07, 6.45) is 0.424. The van der Waals surface area contributed by atoms with Crippen LogP contribution in [0.4, 0.5) is 5.69 Å². The van der Waals surface area contributed by atoms with Gasteiger partial charge < -0.3 is 10.6 Å². The van der Waals surface area contributed by atoms with Crippen molar-refractivity contribution < 1.29 is 4.79 Å². The van der Waals surface area contributed by atoms with Crippen LogP contribution in [0.25, 0.3) is 0 Å². The van der Waals surface area contributed by atoms with Crippen molar-refractivity contribution in [3.63, 3.8) is 0 Å². The van der Waals surface area contributed by atoms with E-state index in [-0.39, 0.29) is 5.91 Å². The lowest BCUT2D eigenvalue weighted by atomic mass is 10.1. The standard InChI is InChI=1S/C18H22N2O/c1-13-4-5-14(2)16(10-13)12-20-17-8-6-15(7-9-17)11-18(21)19-3/h4-10,20H,11-12H2,1-3H3,(H,19,21).